The van der Waals surface area contributed by atoms with Gasteiger partial charge in [-0.1, -0.05) is 6.07 Å². The van der Waals surface area contributed by atoms with Crippen molar-refractivity contribution in [2.75, 3.05) is 13.7 Å². The van der Waals surface area contributed by atoms with Gasteiger partial charge in [-0.15, -0.1) is 0 Å². The molecule has 1 aromatic carbocycles. The first-order valence-electron chi connectivity index (χ1n) is 4.88. The summed E-state index contributed by atoms with van der Waals surface area (Å²) in [5.41, 5.74) is 0.753. The molecule has 0 unspecified atom stereocenters. The molecule has 0 saturated carbocycles. The molecule has 0 aromatic heterocycles. The highest BCUT2D eigenvalue weighted by molar-refractivity contribution is 5.66. The van der Waals surface area contributed by atoms with Crippen molar-refractivity contribution in [1.82, 2.24) is 5.32 Å². The molecule has 0 saturated heterocycles. The van der Waals surface area contributed by atoms with Crippen molar-refractivity contribution in [3.63, 3.8) is 0 Å². The SMILES string of the molecule is COc1ccc(CNCCC(=O)O)cc1F. The lowest BCUT2D eigenvalue weighted by atomic mass is 10.2. The Hall–Kier alpha value is -1.62. The molecule has 0 spiro atoms. The van der Waals surface area contributed by atoms with Crippen LogP contribution in [0.4, 0.5) is 4.39 Å². The van der Waals surface area contributed by atoms with Crippen LogP contribution in [0.15, 0.2) is 18.2 Å². The Labute approximate surface area is 93.0 Å². The molecule has 0 aliphatic rings. The molecular formula is C11H14FNO3. The summed E-state index contributed by atoms with van der Waals surface area (Å²) in [4.78, 5) is 10.2. The number of carboxylic acid groups (broad SMARTS) is 1. The zero-order chi connectivity index (χ0) is 12.0. The summed E-state index contributed by atoms with van der Waals surface area (Å²) in [6.07, 6.45) is 0.0542. The maximum Gasteiger partial charge on any atom is 0.304 e. The third kappa shape index (κ3) is 3.86. The molecule has 0 aliphatic carbocycles. The molecule has 0 fully saturated rings. The second-order valence-corrected chi connectivity index (χ2v) is 3.29. The summed E-state index contributed by atoms with van der Waals surface area (Å²) >= 11 is 0. The molecule has 0 radical (unpaired) electrons. The number of rotatable bonds is 6. The quantitative estimate of drug-likeness (QED) is 0.721. The minimum atomic E-state index is -0.853. The van der Waals surface area contributed by atoms with Crippen LogP contribution < -0.4 is 10.1 Å². The van der Waals surface area contributed by atoms with Gasteiger partial charge < -0.3 is 15.2 Å². The summed E-state index contributed by atoms with van der Waals surface area (Å²) in [5.74, 6) is -1.07. The van der Waals surface area contributed by atoms with Gasteiger partial charge in [-0.2, -0.15) is 0 Å². The lowest BCUT2D eigenvalue weighted by molar-refractivity contribution is -0.136. The van der Waals surface area contributed by atoms with Crippen molar-refractivity contribution in [2.45, 2.75) is 13.0 Å². The molecule has 1 rings (SSSR count). The number of ether oxygens (including phenoxy) is 1. The van der Waals surface area contributed by atoms with E-state index in [-0.39, 0.29) is 12.2 Å². The molecule has 88 valence electrons. The monoisotopic (exact) mass is 227 g/mol. The predicted octanol–water partition coefficient (Wildman–Crippen LogP) is 1.40. The summed E-state index contributed by atoms with van der Waals surface area (Å²) in [6.45, 7) is 0.803. The number of carbonyl (C=O) groups is 1. The number of halogens is 1. The van der Waals surface area contributed by atoms with Crippen LogP contribution >= 0.6 is 0 Å². The third-order valence-electron chi connectivity index (χ3n) is 2.06. The zero-order valence-corrected chi connectivity index (χ0v) is 9.00. The van der Waals surface area contributed by atoms with Crippen LogP contribution in [0.5, 0.6) is 5.75 Å². The second kappa shape index (κ2) is 6.07. The van der Waals surface area contributed by atoms with Crippen molar-refractivity contribution >= 4 is 5.97 Å². The highest BCUT2D eigenvalue weighted by Gasteiger charge is 2.03. The van der Waals surface area contributed by atoms with Gasteiger partial charge in [0.15, 0.2) is 11.6 Å². The van der Waals surface area contributed by atoms with Crippen LogP contribution in [-0.2, 0) is 11.3 Å². The maximum atomic E-state index is 13.2. The molecule has 2 N–H and O–H groups in total. The van der Waals surface area contributed by atoms with Crippen LogP contribution in [-0.4, -0.2) is 24.7 Å². The highest BCUT2D eigenvalue weighted by Crippen LogP contribution is 2.17. The maximum absolute atomic E-state index is 13.2. The summed E-state index contributed by atoms with van der Waals surface area (Å²) < 4.78 is 18.0. The number of methoxy groups -OCH3 is 1. The van der Waals surface area contributed by atoms with E-state index in [0.29, 0.717) is 13.1 Å². The largest absolute Gasteiger partial charge is 0.494 e. The lowest BCUT2D eigenvalue weighted by Gasteiger charge is -2.06. The predicted molar refractivity (Wildman–Crippen MR) is 56.9 cm³/mol. The van der Waals surface area contributed by atoms with Crippen LogP contribution in [0, 0.1) is 5.82 Å². The number of hydrogen-bond donors (Lipinski definition) is 2. The van der Waals surface area contributed by atoms with Gasteiger partial charge in [0.05, 0.1) is 13.5 Å². The molecule has 0 amide bonds. The number of carboxylic acids is 1. The smallest absolute Gasteiger partial charge is 0.304 e. The highest BCUT2D eigenvalue weighted by atomic mass is 19.1. The van der Waals surface area contributed by atoms with Crippen molar-refractivity contribution in [2.24, 2.45) is 0 Å². The molecule has 1 aromatic rings. The molecule has 0 bridgehead atoms. The third-order valence-corrected chi connectivity index (χ3v) is 2.06. The van der Waals surface area contributed by atoms with Crippen molar-refractivity contribution in [1.29, 1.82) is 0 Å². The van der Waals surface area contributed by atoms with Gasteiger partial charge in [0.1, 0.15) is 0 Å². The topological polar surface area (TPSA) is 58.6 Å². The average Bonchev–Trinajstić information content (AvgIpc) is 2.24. The van der Waals surface area contributed by atoms with E-state index in [9.17, 15) is 9.18 Å². The van der Waals surface area contributed by atoms with Gasteiger partial charge in [0, 0.05) is 13.1 Å². The van der Waals surface area contributed by atoms with E-state index >= 15 is 0 Å². The Morgan fingerprint density at radius 3 is 2.88 bits per heavy atom. The van der Waals surface area contributed by atoms with Crippen molar-refractivity contribution in [3.8, 4) is 5.75 Å². The van der Waals surface area contributed by atoms with Crippen molar-refractivity contribution in [3.05, 3.63) is 29.6 Å². The number of benzene rings is 1. The first kappa shape index (κ1) is 12.4. The standard InChI is InChI=1S/C11H14FNO3/c1-16-10-3-2-8(6-9(10)12)7-13-5-4-11(14)15/h2-3,6,13H,4-5,7H2,1H3,(H,14,15). The summed E-state index contributed by atoms with van der Waals surface area (Å²) in [7, 11) is 1.41. The van der Waals surface area contributed by atoms with E-state index in [2.05, 4.69) is 5.32 Å². The fraction of sp³-hybridized carbons (Fsp3) is 0.364. The van der Waals surface area contributed by atoms with Gasteiger partial charge in [0.2, 0.25) is 0 Å². The first-order valence-corrected chi connectivity index (χ1v) is 4.88. The molecular weight excluding hydrogens is 213 g/mol. The minimum absolute atomic E-state index is 0.0542. The van der Waals surface area contributed by atoms with Crippen LogP contribution in [0.2, 0.25) is 0 Å². The second-order valence-electron chi connectivity index (χ2n) is 3.29. The lowest BCUT2D eigenvalue weighted by Crippen LogP contribution is -2.17. The summed E-state index contributed by atoms with van der Waals surface area (Å²) in [6, 6.07) is 4.64. The first-order chi connectivity index (χ1) is 7.63. The minimum Gasteiger partial charge on any atom is -0.494 e. The Balaban J connectivity index is 2.43. The van der Waals surface area contributed by atoms with Crippen molar-refractivity contribution < 1.29 is 19.0 Å². The fourth-order valence-electron chi connectivity index (χ4n) is 1.25. The zero-order valence-electron chi connectivity index (χ0n) is 9.00. The van der Waals surface area contributed by atoms with Crippen LogP contribution in [0.3, 0.4) is 0 Å². The van der Waals surface area contributed by atoms with Gasteiger partial charge >= 0.3 is 5.97 Å². The molecule has 0 aliphatic heterocycles. The molecule has 0 atom stereocenters. The molecule has 16 heavy (non-hydrogen) atoms. The Kier molecular flexibility index (Phi) is 4.72. The van der Waals surface area contributed by atoms with E-state index in [1.165, 1.54) is 13.2 Å². The Morgan fingerprint density at radius 2 is 2.31 bits per heavy atom. The van der Waals surface area contributed by atoms with E-state index in [1.54, 1.807) is 12.1 Å². The molecule has 0 heterocycles. The van der Waals surface area contributed by atoms with E-state index in [1.807, 2.05) is 0 Å². The van der Waals surface area contributed by atoms with E-state index < -0.39 is 11.8 Å². The van der Waals surface area contributed by atoms with E-state index in [4.69, 9.17) is 9.84 Å². The average molecular weight is 227 g/mol. The Bertz CT molecular complexity index is 368. The normalized spacial score (nSPS) is 10.1. The van der Waals surface area contributed by atoms with Gasteiger partial charge in [0.25, 0.3) is 0 Å². The van der Waals surface area contributed by atoms with Gasteiger partial charge in [-0.05, 0) is 17.7 Å². The van der Waals surface area contributed by atoms with Crippen LogP contribution in [0.1, 0.15) is 12.0 Å². The van der Waals surface area contributed by atoms with E-state index in [0.717, 1.165) is 5.56 Å². The number of nitrogens with one attached hydrogen (secondary N) is 1. The Morgan fingerprint density at radius 1 is 1.56 bits per heavy atom. The molecule has 5 heteroatoms. The summed E-state index contributed by atoms with van der Waals surface area (Å²) in [5, 5.41) is 11.3. The van der Waals surface area contributed by atoms with Crippen LogP contribution in [0.25, 0.3) is 0 Å². The molecule has 4 nitrogen and oxygen atoms in total. The van der Waals surface area contributed by atoms with Gasteiger partial charge in [-0.3, -0.25) is 4.79 Å². The fourth-order valence-corrected chi connectivity index (χ4v) is 1.25. The number of hydrogen-bond acceptors (Lipinski definition) is 3. The number of aliphatic carboxylic acids is 1. The van der Waals surface area contributed by atoms with Gasteiger partial charge in [-0.25, -0.2) is 4.39 Å².